The predicted octanol–water partition coefficient (Wildman–Crippen LogP) is 3.11. The summed E-state index contributed by atoms with van der Waals surface area (Å²) in [7, 11) is 1.56. The Hall–Kier alpha value is -2.78. The summed E-state index contributed by atoms with van der Waals surface area (Å²) in [5.74, 6) is -0.00743. The number of hydrogen-bond acceptors (Lipinski definition) is 7. The first-order chi connectivity index (χ1) is 11.7. The summed E-state index contributed by atoms with van der Waals surface area (Å²) in [5, 5.41) is 9.48. The molecule has 0 fully saturated rings. The first kappa shape index (κ1) is 16.1. The number of ether oxygens (including phenoxy) is 1. The third-order valence-electron chi connectivity index (χ3n) is 2.96. The smallest absolute Gasteiger partial charge is 0.276 e. The van der Waals surface area contributed by atoms with Gasteiger partial charge in [-0.05, 0) is 24.3 Å². The lowest BCUT2D eigenvalue weighted by atomic mass is 10.2. The Kier molecular flexibility index (Phi) is 4.82. The molecular formula is C15H12N4O3S2. The molecule has 0 bridgehead atoms. The van der Waals surface area contributed by atoms with Gasteiger partial charge in [0.1, 0.15) is 11.4 Å². The van der Waals surface area contributed by atoms with Crippen molar-refractivity contribution in [2.45, 2.75) is 0 Å². The first-order valence-corrected chi connectivity index (χ1v) is 8.53. The Bertz CT molecular complexity index is 844. The van der Waals surface area contributed by atoms with Crippen LogP contribution in [0, 0.1) is 0 Å². The second-order valence-corrected chi connectivity index (χ2v) is 6.26. The molecule has 122 valence electrons. The zero-order valence-corrected chi connectivity index (χ0v) is 14.1. The lowest BCUT2D eigenvalue weighted by Gasteiger charge is -2.03. The number of anilines is 2. The maximum absolute atomic E-state index is 12.2. The van der Waals surface area contributed by atoms with Crippen molar-refractivity contribution < 1.29 is 14.3 Å². The van der Waals surface area contributed by atoms with Crippen molar-refractivity contribution >= 4 is 44.8 Å². The van der Waals surface area contributed by atoms with Gasteiger partial charge in [-0.1, -0.05) is 0 Å². The second-order valence-electron chi connectivity index (χ2n) is 4.51. The van der Waals surface area contributed by atoms with E-state index in [1.807, 2.05) is 0 Å². The Morgan fingerprint density at radius 2 is 1.79 bits per heavy atom. The van der Waals surface area contributed by atoms with E-state index in [9.17, 15) is 9.59 Å². The van der Waals surface area contributed by atoms with Gasteiger partial charge in [-0.15, -0.1) is 22.7 Å². The molecule has 24 heavy (non-hydrogen) atoms. The highest BCUT2D eigenvalue weighted by Crippen LogP contribution is 2.19. The molecule has 2 N–H and O–H groups in total. The predicted molar refractivity (Wildman–Crippen MR) is 93.1 cm³/mol. The molecule has 9 heteroatoms. The fourth-order valence-corrected chi connectivity index (χ4v) is 3.00. The van der Waals surface area contributed by atoms with Gasteiger partial charge in [-0.2, -0.15) is 0 Å². The van der Waals surface area contributed by atoms with Gasteiger partial charge in [0.15, 0.2) is 10.3 Å². The highest BCUT2D eigenvalue weighted by atomic mass is 32.1. The van der Waals surface area contributed by atoms with Crippen LogP contribution in [-0.4, -0.2) is 28.9 Å². The molecule has 0 saturated carbocycles. The van der Waals surface area contributed by atoms with Crippen LogP contribution in [0.4, 0.5) is 10.3 Å². The molecule has 0 aliphatic rings. The number of thiazole rings is 2. The van der Waals surface area contributed by atoms with E-state index in [4.69, 9.17) is 4.74 Å². The van der Waals surface area contributed by atoms with Crippen LogP contribution in [0.3, 0.4) is 0 Å². The topological polar surface area (TPSA) is 93.2 Å². The van der Waals surface area contributed by atoms with Crippen molar-refractivity contribution in [2.75, 3.05) is 17.7 Å². The lowest BCUT2D eigenvalue weighted by Crippen LogP contribution is -2.14. The SMILES string of the molecule is COc1ccc(C(=O)Nc2nc(C(=O)Nc3nccs3)cs2)cc1. The number of carbonyl (C=O) groups excluding carboxylic acids is 2. The summed E-state index contributed by atoms with van der Waals surface area (Å²) in [5.41, 5.74) is 0.694. The Labute approximate surface area is 145 Å². The van der Waals surface area contributed by atoms with Crippen molar-refractivity contribution in [3.63, 3.8) is 0 Å². The summed E-state index contributed by atoms with van der Waals surface area (Å²) in [6.45, 7) is 0. The summed E-state index contributed by atoms with van der Waals surface area (Å²) >= 11 is 2.49. The number of aromatic nitrogens is 2. The normalized spacial score (nSPS) is 10.2. The molecule has 7 nitrogen and oxygen atoms in total. The lowest BCUT2D eigenvalue weighted by molar-refractivity contribution is 0.101. The van der Waals surface area contributed by atoms with Crippen LogP contribution in [0.25, 0.3) is 0 Å². The number of nitrogens with zero attached hydrogens (tertiary/aromatic N) is 2. The molecule has 2 heterocycles. The second kappa shape index (κ2) is 7.20. The highest BCUT2D eigenvalue weighted by molar-refractivity contribution is 7.14. The zero-order valence-electron chi connectivity index (χ0n) is 12.5. The third kappa shape index (κ3) is 3.76. The molecule has 3 rings (SSSR count). The van der Waals surface area contributed by atoms with E-state index in [2.05, 4.69) is 20.6 Å². The van der Waals surface area contributed by atoms with Crippen LogP contribution >= 0.6 is 22.7 Å². The van der Waals surface area contributed by atoms with Gasteiger partial charge < -0.3 is 4.74 Å². The number of nitrogens with one attached hydrogen (secondary N) is 2. The van der Waals surface area contributed by atoms with Gasteiger partial charge in [0.25, 0.3) is 11.8 Å². The molecule has 0 saturated heterocycles. The minimum atomic E-state index is -0.369. The van der Waals surface area contributed by atoms with Crippen LogP contribution < -0.4 is 15.4 Å². The minimum absolute atomic E-state index is 0.222. The highest BCUT2D eigenvalue weighted by Gasteiger charge is 2.14. The fourth-order valence-electron chi connectivity index (χ4n) is 1.79. The van der Waals surface area contributed by atoms with Gasteiger partial charge in [0, 0.05) is 22.5 Å². The number of amides is 2. The van der Waals surface area contributed by atoms with Crippen molar-refractivity contribution in [2.24, 2.45) is 0 Å². The Morgan fingerprint density at radius 1 is 1.04 bits per heavy atom. The molecule has 0 aliphatic carbocycles. The van der Waals surface area contributed by atoms with Crippen molar-refractivity contribution in [3.8, 4) is 5.75 Å². The number of carbonyl (C=O) groups is 2. The zero-order chi connectivity index (χ0) is 16.9. The molecule has 0 unspecified atom stereocenters. The molecule has 0 spiro atoms. The molecule has 3 aromatic rings. The number of benzene rings is 1. The van der Waals surface area contributed by atoms with E-state index in [1.54, 1.807) is 48.3 Å². The molecule has 2 aromatic heterocycles. The van der Waals surface area contributed by atoms with Gasteiger partial charge >= 0.3 is 0 Å². The van der Waals surface area contributed by atoms with E-state index < -0.39 is 0 Å². The van der Waals surface area contributed by atoms with Crippen molar-refractivity contribution in [1.29, 1.82) is 0 Å². The summed E-state index contributed by atoms with van der Waals surface area (Å²) in [6, 6.07) is 6.70. The van der Waals surface area contributed by atoms with Crippen LogP contribution in [0.2, 0.25) is 0 Å². The molecule has 0 atom stereocenters. The minimum Gasteiger partial charge on any atom is -0.497 e. The largest absolute Gasteiger partial charge is 0.497 e. The van der Waals surface area contributed by atoms with E-state index in [0.717, 1.165) is 0 Å². The van der Waals surface area contributed by atoms with Crippen LogP contribution in [0.5, 0.6) is 5.75 Å². The quantitative estimate of drug-likeness (QED) is 0.729. The monoisotopic (exact) mass is 360 g/mol. The van der Waals surface area contributed by atoms with E-state index in [-0.39, 0.29) is 17.5 Å². The fraction of sp³-hybridized carbons (Fsp3) is 0.0667. The Balaban J connectivity index is 1.64. The summed E-state index contributed by atoms with van der Waals surface area (Å²) in [4.78, 5) is 32.3. The number of methoxy groups -OCH3 is 1. The van der Waals surface area contributed by atoms with E-state index in [0.29, 0.717) is 21.6 Å². The van der Waals surface area contributed by atoms with E-state index >= 15 is 0 Å². The summed E-state index contributed by atoms with van der Waals surface area (Å²) < 4.78 is 5.05. The van der Waals surface area contributed by atoms with Crippen LogP contribution in [-0.2, 0) is 0 Å². The van der Waals surface area contributed by atoms with Gasteiger partial charge in [-0.25, -0.2) is 9.97 Å². The van der Waals surface area contributed by atoms with Gasteiger partial charge in [0.2, 0.25) is 0 Å². The van der Waals surface area contributed by atoms with E-state index in [1.165, 1.54) is 22.7 Å². The van der Waals surface area contributed by atoms with Crippen LogP contribution in [0.15, 0.2) is 41.2 Å². The maximum atomic E-state index is 12.2. The Morgan fingerprint density at radius 3 is 2.46 bits per heavy atom. The van der Waals surface area contributed by atoms with Gasteiger partial charge in [-0.3, -0.25) is 20.2 Å². The maximum Gasteiger partial charge on any atom is 0.276 e. The molecule has 0 aliphatic heterocycles. The summed E-state index contributed by atoms with van der Waals surface area (Å²) in [6.07, 6.45) is 1.60. The molecule has 0 radical (unpaired) electrons. The average molecular weight is 360 g/mol. The van der Waals surface area contributed by atoms with Crippen molar-refractivity contribution in [3.05, 3.63) is 52.5 Å². The van der Waals surface area contributed by atoms with Crippen molar-refractivity contribution in [1.82, 2.24) is 9.97 Å². The van der Waals surface area contributed by atoms with Gasteiger partial charge in [0.05, 0.1) is 7.11 Å². The molecule has 2 amide bonds. The third-order valence-corrected chi connectivity index (χ3v) is 4.41. The molecule has 1 aromatic carbocycles. The molecular weight excluding hydrogens is 348 g/mol. The standard InChI is InChI=1S/C15H12N4O3S2/c1-22-10-4-2-9(3-5-10)12(20)18-15-17-11(8-24-15)13(21)19-14-16-6-7-23-14/h2-8H,1H3,(H,16,19,21)(H,17,18,20). The number of rotatable bonds is 5. The van der Waals surface area contributed by atoms with Crippen LogP contribution in [0.1, 0.15) is 20.8 Å². The average Bonchev–Trinajstić information content (AvgIpc) is 3.27. The number of hydrogen-bond donors (Lipinski definition) is 2. The first-order valence-electron chi connectivity index (χ1n) is 6.77.